The molecule has 0 aliphatic carbocycles. The van der Waals surface area contributed by atoms with Gasteiger partial charge in [0, 0.05) is 17.3 Å². The van der Waals surface area contributed by atoms with Gasteiger partial charge in [-0.25, -0.2) is 9.36 Å². The van der Waals surface area contributed by atoms with E-state index in [1.165, 1.54) is 14.9 Å². The predicted molar refractivity (Wildman–Crippen MR) is 154 cm³/mol. The van der Waals surface area contributed by atoms with E-state index in [9.17, 15) is 9.59 Å². The van der Waals surface area contributed by atoms with Crippen LogP contribution in [-0.2, 0) is 0 Å². The smallest absolute Gasteiger partial charge is 0.275 e. The van der Waals surface area contributed by atoms with E-state index in [4.69, 9.17) is 23.2 Å². The number of nitrogens with one attached hydrogen (secondary N) is 2. The minimum Gasteiger partial charge on any atom is -0.295 e. The lowest BCUT2D eigenvalue weighted by Crippen LogP contribution is -2.25. The highest BCUT2D eigenvalue weighted by Gasteiger charge is 2.31. The maximum Gasteiger partial charge on any atom is 0.275 e. The van der Waals surface area contributed by atoms with Crippen molar-refractivity contribution in [3.63, 3.8) is 0 Å². The molecule has 6 nitrogen and oxygen atoms in total. The Morgan fingerprint density at radius 3 is 1.42 bits per heavy atom. The fraction of sp³-hybridized carbons (Fsp3) is 0.200. The van der Waals surface area contributed by atoms with E-state index in [1.54, 1.807) is 24.3 Å². The molecule has 2 N–H and O–H groups in total. The van der Waals surface area contributed by atoms with Crippen molar-refractivity contribution in [2.75, 3.05) is 0 Å². The number of hydrogen-bond acceptors (Lipinski definition) is 2. The summed E-state index contributed by atoms with van der Waals surface area (Å²) in [6, 6.07) is 22.4. The molecular formula is C30H28Cl2N4O2. The molecular weight excluding hydrogens is 519 g/mol. The molecule has 0 amide bonds. The van der Waals surface area contributed by atoms with Crippen molar-refractivity contribution in [2.24, 2.45) is 0 Å². The maximum absolute atomic E-state index is 14.0. The van der Waals surface area contributed by atoms with Gasteiger partial charge >= 0.3 is 0 Å². The predicted octanol–water partition coefficient (Wildman–Crippen LogP) is 6.87. The summed E-state index contributed by atoms with van der Waals surface area (Å²) < 4.78 is 2.88. The fourth-order valence-electron chi connectivity index (χ4n) is 4.96. The van der Waals surface area contributed by atoms with Gasteiger partial charge in [-0.05, 0) is 55.2 Å². The Kier molecular flexibility index (Phi) is 6.95. The van der Waals surface area contributed by atoms with Gasteiger partial charge in [-0.2, -0.15) is 0 Å². The summed E-state index contributed by atoms with van der Waals surface area (Å²) in [5.41, 5.74) is 4.82. The molecule has 5 rings (SSSR count). The molecule has 0 unspecified atom stereocenters. The van der Waals surface area contributed by atoms with Crippen molar-refractivity contribution in [2.45, 2.75) is 39.5 Å². The van der Waals surface area contributed by atoms with Crippen LogP contribution in [0.15, 0.2) is 82.4 Å². The van der Waals surface area contributed by atoms with Crippen molar-refractivity contribution in [1.29, 1.82) is 0 Å². The molecule has 0 fully saturated rings. The summed E-state index contributed by atoms with van der Waals surface area (Å²) >= 11 is 12.9. The van der Waals surface area contributed by atoms with Crippen molar-refractivity contribution in [3.05, 3.63) is 137 Å². The monoisotopic (exact) mass is 546 g/mol. The molecule has 8 heteroatoms. The zero-order valence-corrected chi connectivity index (χ0v) is 23.1. The maximum atomic E-state index is 14.0. The van der Waals surface area contributed by atoms with Crippen LogP contribution in [-0.4, -0.2) is 19.6 Å². The molecule has 194 valence electrons. The number of para-hydroxylation sites is 2. The Hall–Kier alpha value is -3.74. The second-order valence-electron chi connectivity index (χ2n) is 9.74. The molecule has 0 radical (unpaired) electrons. The number of benzene rings is 3. The summed E-state index contributed by atoms with van der Waals surface area (Å²) in [6.45, 7) is 7.94. The summed E-state index contributed by atoms with van der Waals surface area (Å²) in [5.74, 6) is -0.281. The number of halogens is 2. The minimum atomic E-state index is -0.629. The Labute approximate surface area is 230 Å². The molecule has 0 aliphatic rings. The SMILES string of the molecule is Cc1[nH]n(-c2ccccc2Cl)c(=O)c1C(c1ccc(C(C)C)cc1)c1c(C)[nH]n(-c2ccccc2Cl)c1=O. The van der Waals surface area contributed by atoms with Crippen LogP contribution in [0.2, 0.25) is 10.0 Å². The van der Waals surface area contributed by atoms with Crippen LogP contribution in [0.1, 0.15) is 59.3 Å². The third-order valence-electron chi connectivity index (χ3n) is 6.93. The molecule has 0 saturated carbocycles. The number of rotatable bonds is 6. The van der Waals surface area contributed by atoms with Crippen LogP contribution in [0.25, 0.3) is 11.4 Å². The average Bonchev–Trinajstić information content (AvgIpc) is 3.35. The lowest BCUT2D eigenvalue weighted by Gasteiger charge is -2.17. The lowest BCUT2D eigenvalue weighted by atomic mass is 9.84. The Balaban J connectivity index is 1.78. The van der Waals surface area contributed by atoms with Crippen molar-refractivity contribution < 1.29 is 0 Å². The Morgan fingerprint density at radius 2 is 1.03 bits per heavy atom. The zero-order chi connectivity index (χ0) is 27.1. The first-order valence-electron chi connectivity index (χ1n) is 12.4. The summed E-state index contributed by atoms with van der Waals surface area (Å²) in [5, 5.41) is 7.26. The van der Waals surface area contributed by atoms with E-state index in [0.29, 0.717) is 49.9 Å². The molecule has 0 bridgehead atoms. The standard InChI is InChI=1S/C30H28Cl2N4O2/c1-17(2)20-13-15-21(16-14-20)28(26-18(3)33-35(29(26)37)24-11-7-5-9-22(24)31)27-19(4)34-36(30(27)38)25-12-8-6-10-23(25)32/h5-17,28,33-34H,1-4H3. The minimum absolute atomic E-state index is 0.266. The van der Waals surface area contributed by atoms with Gasteiger partial charge in [-0.1, -0.05) is 85.6 Å². The molecule has 0 spiro atoms. The first-order valence-corrected chi connectivity index (χ1v) is 13.2. The normalized spacial score (nSPS) is 11.6. The van der Waals surface area contributed by atoms with Crippen LogP contribution in [0, 0.1) is 13.8 Å². The molecule has 0 atom stereocenters. The number of aromatic amines is 2. The molecule has 2 aromatic heterocycles. The fourth-order valence-corrected chi connectivity index (χ4v) is 5.40. The van der Waals surface area contributed by atoms with Crippen LogP contribution in [0.5, 0.6) is 0 Å². The number of aromatic nitrogens is 4. The van der Waals surface area contributed by atoms with Gasteiger partial charge in [0.1, 0.15) is 0 Å². The first kappa shape index (κ1) is 25.9. The van der Waals surface area contributed by atoms with Crippen molar-refractivity contribution in [1.82, 2.24) is 19.6 Å². The van der Waals surface area contributed by atoms with E-state index in [0.717, 1.165) is 5.56 Å². The molecule has 2 heterocycles. The number of hydrogen-bond donors (Lipinski definition) is 2. The molecule has 5 aromatic rings. The van der Waals surface area contributed by atoms with Crippen LogP contribution >= 0.6 is 23.2 Å². The highest BCUT2D eigenvalue weighted by molar-refractivity contribution is 6.32. The molecule has 0 aliphatic heterocycles. The van der Waals surface area contributed by atoms with E-state index < -0.39 is 5.92 Å². The Bertz CT molecular complexity index is 1640. The number of aryl methyl sites for hydroxylation is 2. The third-order valence-corrected chi connectivity index (χ3v) is 7.57. The van der Waals surface area contributed by atoms with Crippen molar-refractivity contribution >= 4 is 23.2 Å². The van der Waals surface area contributed by atoms with Crippen LogP contribution < -0.4 is 11.1 Å². The van der Waals surface area contributed by atoms with Gasteiger partial charge in [-0.15, -0.1) is 0 Å². The van der Waals surface area contributed by atoms with E-state index in [-0.39, 0.29) is 11.1 Å². The first-order chi connectivity index (χ1) is 18.2. The Morgan fingerprint density at radius 1 is 0.632 bits per heavy atom. The van der Waals surface area contributed by atoms with Crippen LogP contribution in [0.3, 0.4) is 0 Å². The molecule has 0 saturated heterocycles. The van der Waals surface area contributed by atoms with E-state index >= 15 is 0 Å². The summed E-state index contributed by atoms with van der Waals surface area (Å²) in [4.78, 5) is 28.0. The second-order valence-corrected chi connectivity index (χ2v) is 10.6. The second kappa shape index (κ2) is 10.2. The number of nitrogens with zero attached hydrogens (tertiary/aromatic N) is 2. The number of H-pyrrole nitrogens is 2. The summed E-state index contributed by atoms with van der Waals surface area (Å²) in [6.07, 6.45) is 0. The van der Waals surface area contributed by atoms with Gasteiger partial charge in [-0.3, -0.25) is 19.8 Å². The van der Waals surface area contributed by atoms with Crippen molar-refractivity contribution in [3.8, 4) is 11.4 Å². The van der Waals surface area contributed by atoms with Crippen LogP contribution in [0.4, 0.5) is 0 Å². The molecule has 3 aromatic carbocycles. The van der Waals surface area contributed by atoms with E-state index in [2.05, 4.69) is 36.2 Å². The van der Waals surface area contributed by atoms with Gasteiger partial charge in [0.05, 0.1) is 32.5 Å². The average molecular weight is 547 g/mol. The van der Waals surface area contributed by atoms with Gasteiger partial charge in [0.2, 0.25) is 0 Å². The van der Waals surface area contributed by atoms with Gasteiger partial charge in [0.15, 0.2) is 0 Å². The zero-order valence-electron chi connectivity index (χ0n) is 21.5. The quantitative estimate of drug-likeness (QED) is 0.243. The highest BCUT2D eigenvalue weighted by Crippen LogP contribution is 2.34. The van der Waals surface area contributed by atoms with Gasteiger partial charge < -0.3 is 0 Å². The van der Waals surface area contributed by atoms with Gasteiger partial charge in [0.25, 0.3) is 11.1 Å². The highest BCUT2D eigenvalue weighted by atomic mass is 35.5. The summed E-state index contributed by atoms with van der Waals surface area (Å²) in [7, 11) is 0. The molecule has 38 heavy (non-hydrogen) atoms. The largest absolute Gasteiger partial charge is 0.295 e. The topological polar surface area (TPSA) is 75.6 Å². The lowest BCUT2D eigenvalue weighted by molar-refractivity contribution is 0.830. The van der Waals surface area contributed by atoms with E-state index in [1.807, 2.05) is 50.2 Å². The third kappa shape index (κ3) is 4.44.